The van der Waals surface area contributed by atoms with E-state index in [1.54, 1.807) is 32.2 Å². The molecule has 1 aromatic carbocycles. The van der Waals surface area contributed by atoms with Crippen molar-refractivity contribution in [1.82, 2.24) is 19.3 Å². The first-order chi connectivity index (χ1) is 19.3. The molecule has 2 aliphatic rings. The maximum Gasteiger partial charge on any atom is 0.351 e. The molecule has 2 saturated heterocycles. The summed E-state index contributed by atoms with van der Waals surface area (Å²) in [6, 6.07) is 9.55. The molecule has 2 fully saturated rings. The number of aromatic nitrogens is 1. The van der Waals surface area contributed by atoms with Crippen LogP contribution in [0, 0.1) is 11.3 Å². The molecule has 2 N–H and O–H groups in total. The molecule has 0 radical (unpaired) electrons. The lowest BCUT2D eigenvalue weighted by Crippen LogP contribution is -2.53. The van der Waals surface area contributed by atoms with Gasteiger partial charge in [-0.05, 0) is 58.0 Å². The zero-order valence-electron chi connectivity index (χ0n) is 23.3. The van der Waals surface area contributed by atoms with Crippen molar-refractivity contribution in [2.75, 3.05) is 63.6 Å². The molecule has 40 heavy (non-hydrogen) atoms. The van der Waals surface area contributed by atoms with E-state index >= 15 is 0 Å². The molecular formula is C28H37N7O4S. The van der Waals surface area contributed by atoms with Gasteiger partial charge in [-0.3, -0.25) is 14.3 Å². The van der Waals surface area contributed by atoms with E-state index in [4.69, 9.17) is 4.74 Å². The topological polar surface area (TPSA) is 123 Å². The van der Waals surface area contributed by atoms with Crippen LogP contribution in [0.4, 0.5) is 16.2 Å². The number of piperazine rings is 1. The SMILES string of the molecule is CCOC(=O)C(C#N)=c1sc(=CNc2ccc(NC(=O)N3CCC(N4CCN(C)CC4)CC3)cc2)c(=O)n1CC. The van der Waals surface area contributed by atoms with Crippen molar-refractivity contribution in [1.29, 1.82) is 5.26 Å². The third-order valence-electron chi connectivity index (χ3n) is 7.34. The van der Waals surface area contributed by atoms with Crippen molar-refractivity contribution < 1.29 is 14.3 Å². The Morgan fingerprint density at radius 3 is 2.33 bits per heavy atom. The van der Waals surface area contributed by atoms with Crippen LogP contribution in [0.25, 0.3) is 11.8 Å². The van der Waals surface area contributed by atoms with Crippen LogP contribution in [-0.2, 0) is 16.1 Å². The predicted molar refractivity (Wildman–Crippen MR) is 156 cm³/mol. The molecule has 0 bridgehead atoms. The molecule has 0 atom stereocenters. The van der Waals surface area contributed by atoms with Gasteiger partial charge < -0.3 is 25.2 Å². The maximum atomic E-state index is 12.9. The third-order valence-corrected chi connectivity index (χ3v) is 8.47. The molecule has 0 aliphatic carbocycles. The smallest absolute Gasteiger partial charge is 0.351 e. The second-order valence-corrected chi connectivity index (χ2v) is 10.9. The number of benzene rings is 1. The fourth-order valence-corrected chi connectivity index (χ4v) is 6.08. The number of nitrogens with one attached hydrogen (secondary N) is 2. The summed E-state index contributed by atoms with van der Waals surface area (Å²) in [6.45, 7) is 9.77. The lowest BCUT2D eigenvalue weighted by Gasteiger charge is -2.42. The van der Waals surface area contributed by atoms with Crippen molar-refractivity contribution in [2.24, 2.45) is 0 Å². The van der Waals surface area contributed by atoms with Crippen molar-refractivity contribution >= 4 is 46.5 Å². The highest BCUT2D eigenvalue weighted by Crippen LogP contribution is 2.20. The van der Waals surface area contributed by atoms with Gasteiger partial charge in [0.2, 0.25) is 0 Å². The molecule has 0 spiro atoms. The number of hydrogen-bond donors (Lipinski definition) is 2. The maximum absolute atomic E-state index is 12.9. The summed E-state index contributed by atoms with van der Waals surface area (Å²) in [5.41, 5.74) is 0.922. The molecule has 2 aromatic rings. The fourth-order valence-electron chi connectivity index (χ4n) is 5.00. The van der Waals surface area contributed by atoms with E-state index in [0.717, 1.165) is 69.1 Å². The van der Waals surface area contributed by atoms with Crippen LogP contribution in [0.2, 0.25) is 0 Å². The Morgan fingerprint density at radius 2 is 1.73 bits per heavy atom. The number of likely N-dealkylation sites (tertiary alicyclic amines) is 1. The number of urea groups is 1. The van der Waals surface area contributed by atoms with Gasteiger partial charge in [0.25, 0.3) is 5.56 Å². The summed E-state index contributed by atoms with van der Waals surface area (Å²) in [5, 5.41) is 15.6. The molecule has 4 rings (SSSR count). The standard InChI is InChI=1S/C28H37N7O4S/c1-4-35-25(36)24(40-26(35)23(18-29)27(37)39-5-2)19-30-20-6-8-21(9-7-20)31-28(38)34-12-10-22(11-13-34)33-16-14-32(3)15-17-33/h6-9,19,22,30H,4-5,10-17H2,1-3H3,(H,31,38). The molecule has 12 heteroatoms. The molecule has 0 unspecified atom stereocenters. The monoisotopic (exact) mass is 567 g/mol. The molecule has 2 aliphatic heterocycles. The third kappa shape index (κ3) is 6.91. The Bertz CT molecular complexity index is 1410. The number of carbonyl (C=O) groups excluding carboxylic acids is 2. The normalized spacial score (nSPS) is 18.2. The van der Waals surface area contributed by atoms with Crippen molar-refractivity contribution in [3.05, 3.63) is 43.8 Å². The zero-order chi connectivity index (χ0) is 28.6. The highest BCUT2D eigenvalue weighted by molar-refractivity contribution is 7.07. The Hall–Kier alpha value is -3.66. The number of likely N-dealkylation sites (N-methyl/N-ethyl adjacent to an activating group) is 1. The minimum atomic E-state index is -0.745. The lowest BCUT2D eigenvalue weighted by atomic mass is 10.0. The summed E-state index contributed by atoms with van der Waals surface area (Å²) in [4.78, 5) is 44.7. The highest BCUT2D eigenvalue weighted by Gasteiger charge is 2.28. The number of nitriles is 1. The van der Waals surface area contributed by atoms with Crippen LogP contribution in [0.5, 0.6) is 0 Å². The molecule has 3 heterocycles. The van der Waals surface area contributed by atoms with Crippen LogP contribution < -0.4 is 25.4 Å². The first kappa shape index (κ1) is 29.3. The Balaban J connectivity index is 1.36. The first-order valence-corrected chi connectivity index (χ1v) is 14.5. The van der Waals surface area contributed by atoms with Crippen LogP contribution in [0.1, 0.15) is 26.7 Å². The summed E-state index contributed by atoms with van der Waals surface area (Å²) in [5.74, 6) is -0.745. The molecule has 214 valence electrons. The largest absolute Gasteiger partial charge is 0.462 e. The second-order valence-electron chi connectivity index (χ2n) is 9.88. The molecule has 11 nitrogen and oxygen atoms in total. The van der Waals surface area contributed by atoms with Gasteiger partial charge in [0, 0.05) is 69.4 Å². The highest BCUT2D eigenvalue weighted by atomic mass is 32.1. The van der Waals surface area contributed by atoms with E-state index in [-0.39, 0.29) is 28.4 Å². The van der Waals surface area contributed by atoms with E-state index < -0.39 is 5.97 Å². The van der Waals surface area contributed by atoms with Crippen molar-refractivity contribution in [2.45, 2.75) is 39.3 Å². The molecule has 2 amide bonds. The number of rotatable bonds is 7. The molecule has 1 aromatic heterocycles. The fraction of sp³-hybridized carbons (Fsp3) is 0.500. The predicted octanol–water partition coefficient (Wildman–Crippen LogP) is 1.26. The van der Waals surface area contributed by atoms with E-state index in [0.29, 0.717) is 22.8 Å². The lowest BCUT2D eigenvalue weighted by molar-refractivity contribution is -0.136. The first-order valence-electron chi connectivity index (χ1n) is 13.7. The quantitative estimate of drug-likeness (QED) is 0.480. The number of piperidine rings is 1. The minimum Gasteiger partial charge on any atom is -0.462 e. The molecule has 0 saturated carbocycles. The number of amides is 2. The van der Waals surface area contributed by atoms with Gasteiger partial charge in [-0.1, -0.05) is 0 Å². The number of nitrogens with zero attached hydrogens (tertiary/aromatic N) is 5. The average Bonchev–Trinajstić information content (AvgIpc) is 3.28. The van der Waals surface area contributed by atoms with Gasteiger partial charge in [-0.2, -0.15) is 5.26 Å². The number of thiazole rings is 1. The number of ether oxygens (including phenoxy) is 1. The van der Waals surface area contributed by atoms with Crippen molar-refractivity contribution in [3.63, 3.8) is 0 Å². The average molecular weight is 568 g/mol. The second kappa shape index (κ2) is 13.6. The number of anilines is 2. The van der Waals surface area contributed by atoms with Gasteiger partial charge in [-0.15, -0.1) is 11.3 Å². The summed E-state index contributed by atoms with van der Waals surface area (Å²) >= 11 is 1.06. The van der Waals surface area contributed by atoms with Crippen LogP contribution in [0.3, 0.4) is 0 Å². The Morgan fingerprint density at radius 1 is 1.07 bits per heavy atom. The van der Waals surface area contributed by atoms with Crippen LogP contribution in [-0.4, -0.2) is 90.2 Å². The number of carbonyl (C=O) groups is 2. The van der Waals surface area contributed by atoms with Crippen LogP contribution >= 0.6 is 11.3 Å². The van der Waals surface area contributed by atoms with Gasteiger partial charge in [0.05, 0.1) is 6.61 Å². The number of hydrogen-bond acceptors (Lipinski definition) is 9. The Labute approximate surface area is 237 Å². The summed E-state index contributed by atoms with van der Waals surface area (Å²) in [7, 11) is 2.16. The minimum absolute atomic E-state index is 0.0959. The van der Waals surface area contributed by atoms with Gasteiger partial charge in [0.1, 0.15) is 15.3 Å². The Kier molecular flexibility index (Phi) is 9.98. The van der Waals surface area contributed by atoms with Crippen molar-refractivity contribution in [3.8, 4) is 6.07 Å². The van der Waals surface area contributed by atoms with E-state index in [1.165, 1.54) is 4.57 Å². The molecular weight excluding hydrogens is 530 g/mol. The van der Waals surface area contributed by atoms with E-state index in [1.807, 2.05) is 23.1 Å². The van der Waals surface area contributed by atoms with Gasteiger partial charge >= 0.3 is 12.0 Å². The summed E-state index contributed by atoms with van der Waals surface area (Å²) < 4.78 is 6.98. The van der Waals surface area contributed by atoms with Gasteiger partial charge in [-0.25, -0.2) is 9.59 Å². The summed E-state index contributed by atoms with van der Waals surface area (Å²) in [6.07, 6.45) is 3.54. The van der Waals surface area contributed by atoms with Gasteiger partial charge in [0.15, 0.2) is 5.57 Å². The van der Waals surface area contributed by atoms with E-state index in [2.05, 4.69) is 27.5 Å². The van der Waals surface area contributed by atoms with E-state index in [9.17, 15) is 19.6 Å². The zero-order valence-corrected chi connectivity index (χ0v) is 24.1. The van der Waals surface area contributed by atoms with Crippen LogP contribution in [0.15, 0.2) is 29.1 Å². The number of esters is 1.